The number of ether oxygens (including phenoxy) is 1. The molecule has 1 aromatic heterocycles. The van der Waals surface area contributed by atoms with E-state index >= 15 is 0 Å². The molecule has 1 aromatic carbocycles. The maximum absolute atomic E-state index is 13.8. The molecule has 1 saturated heterocycles. The average molecular weight is 349 g/mol. The fourth-order valence-electron chi connectivity index (χ4n) is 2.59. The summed E-state index contributed by atoms with van der Waals surface area (Å²) in [6.45, 7) is 6.78. The summed E-state index contributed by atoms with van der Waals surface area (Å²) in [6.07, 6.45) is 0. The summed E-state index contributed by atoms with van der Waals surface area (Å²) in [5, 5.41) is 6.04. The van der Waals surface area contributed by atoms with Crippen molar-refractivity contribution in [2.24, 2.45) is 0 Å². The smallest absolute Gasteiger partial charge is 0.224 e. The van der Waals surface area contributed by atoms with Gasteiger partial charge >= 0.3 is 0 Å². The number of aromatic nitrogens is 2. The van der Waals surface area contributed by atoms with E-state index in [1.54, 1.807) is 6.07 Å². The lowest BCUT2D eigenvalue weighted by molar-refractivity contribution is 0.0398. The Balaban J connectivity index is 1.61. The zero-order chi connectivity index (χ0) is 17.6. The molecular weight excluding hydrogens is 328 g/mol. The van der Waals surface area contributed by atoms with Gasteiger partial charge in [0.15, 0.2) is 0 Å². The van der Waals surface area contributed by atoms with Crippen LogP contribution in [0.1, 0.15) is 5.69 Å². The standard InChI is InChI=1S/C17H21F2N5O/c1-12-10-16(22-15-3-2-13(18)11-14(15)19)23-17(21-12)20-4-5-24-6-8-25-9-7-24/h2-3,10-11H,4-9H2,1H3,(H2,20,21,22,23). The molecule has 0 radical (unpaired) electrons. The van der Waals surface area contributed by atoms with Crippen LogP contribution in [0.2, 0.25) is 0 Å². The predicted molar refractivity (Wildman–Crippen MR) is 92.2 cm³/mol. The van der Waals surface area contributed by atoms with Crippen LogP contribution in [-0.2, 0) is 4.74 Å². The molecule has 8 heteroatoms. The second-order valence-corrected chi connectivity index (χ2v) is 5.85. The van der Waals surface area contributed by atoms with Crippen molar-refractivity contribution in [1.82, 2.24) is 14.9 Å². The third-order valence-corrected chi connectivity index (χ3v) is 3.86. The molecule has 0 bridgehead atoms. The molecular formula is C17H21F2N5O. The molecule has 1 aliphatic heterocycles. The molecule has 0 unspecified atom stereocenters. The first-order valence-electron chi connectivity index (χ1n) is 8.22. The van der Waals surface area contributed by atoms with Crippen molar-refractivity contribution < 1.29 is 13.5 Å². The van der Waals surface area contributed by atoms with Crippen molar-refractivity contribution >= 4 is 17.5 Å². The average Bonchev–Trinajstić information content (AvgIpc) is 2.58. The first-order chi connectivity index (χ1) is 12.1. The molecule has 2 N–H and O–H groups in total. The summed E-state index contributed by atoms with van der Waals surface area (Å²) >= 11 is 0. The van der Waals surface area contributed by atoms with Gasteiger partial charge in [0.1, 0.15) is 17.5 Å². The lowest BCUT2D eigenvalue weighted by Gasteiger charge is -2.26. The molecule has 25 heavy (non-hydrogen) atoms. The van der Waals surface area contributed by atoms with Crippen LogP contribution in [0.3, 0.4) is 0 Å². The summed E-state index contributed by atoms with van der Waals surface area (Å²) in [6, 6.07) is 5.07. The number of rotatable bonds is 6. The van der Waals surface area contributed by atoms with Crippen molar-refractivity contribution in [3.8, 4) is 0 Å². The molecule has 2 heterocycles. The number of benzene rings is 1. The monoisotopic (exact) mass is 349 g/mol. The Bertz CT molecular complexity index is 722. The van der Waals surface area contributed by atoms with Gasteiger partial charge in [-0.1, -0.05) is 0 Å². The Morgan fingerprint density at radius 1 is 1.16 bits per heavy atom. The van der Waals surface area contributed by atoms with Crippen LogP contribution in [0.15, 0.2) is 24.3 Å². The number of aryl methyl sites for hydroxylation is 1. The van der Waals surface area contributed by atoms with Crippen molar-refractivity contribution in [3.63, 3.8) is 0 Å². The van der Waals surface area contributed by atoms with Crippen molar-refractivity contribution in [3.05, 3.63) is 41.6 Å². The van der Waals surface area contributed by atoms with Crippen LogP contribution in [0, 0.1) is 18.6 Å². The molecule has 134 valence electrons. The third kappa shape index (κ3) is 5.07. The minimum atomic E-state index is -0.668. The van der Waals surface area contributed by atoms with Gasteiger partial charge in [0.2, 0.25) is 5.95 Å². The van der Waals surface area contributed by atoms with Gasteiger partial charge in [0, 0.05) is 44.0 Å². The summed E-state index contributed by atoms with van der Waals surface area (Å²) in [7, 11) is 0. The SMILES string of the molecule is Cc1cc(Nc2ccc(F)cc2F)nc(NCCN2CCOCC2)n1. The van der Waals surface area contributed by atoms with E-state index < -0.39 is 11.6 Å². The van der Waals surface area contributed by atoms with Gasteiger partial charge in [-0.15, -0.1) is 0 Å². The maximum atomic E-state index is 13.8. The fraction of sp³-hybridized carbons (Fsp3) is 0.412. The normalized spacial score (nSPS) is 15.2. The molecule has 0 spiro atoms. The molecule has 0 aliphatic carbocycles. The predicted octanol–water partition coefficient (Wildman–Crippen LogP) is 2.55. The minimum Gasteiger partial charge on any atom is -0.379 e. The molecule has 1 aliphatic rings. The number of hydrogen-bond acceptors (Lipinski definition) is 6. The van der Waals surface area contributed by atoms with Crippen molar-refractivity contribution in [2.75, 3.05) is 50.0 Å². The highest BCUT2D eigenvalue weighted by molar-refractivity contribution is 5.58. The molecule has 6 nitrogen and oxygen atoms in total. The van der Waals surface area contributed by atoms with E-state index in [0.717, 1.165) is 44.6 Å². The molecule has 0 amide bonds. The van der Waals surface area contributed by atoms with E-state index in [0.29, 0.717) is 18.3 Å². The molecule has 0 atom stereocenters. The third-order valence-electron chi connectivity index (χ3n) is 3.86. The number of morpholine rings is 1. The van der Waals surface area contributed by atoms with Crippen molar-refractivity contribution in [2.45, 2.75) is 6.92 Å². The lowest BCUT2D eigenvalue weighted by atomic mass is 10.3. The van der Waals surface area contributed by atoms with Gasteiger partial charge in [0.25, 0.3) is 0 Å². The summed E-state index contributed by atoms with van der Waals surface area (Å²) in [4.78, 5) is 11.0. The number of nitrogens with zero attached hydrogens (tertiary/aromatic N) is 3. The van der Waals surface area contributed by atoms with E-state index in [2.05, 4.69) is 25.5 Å². The first-order valence-corrected chi connectivity index (χ1v) is 8.22. The van der Waals surface area contributed by atoms with Crippen LogP contribution in [0.4, 0.5) is 26.2 Å². The largest absolute Gasteiger partial charge is 0.379 e. The number of nitrogens with one attached hydrogen (secondary N) is 2. The van der Waals surface area contributed by atoms with Gasteiger partial charge in [-0.25, -0.2) is 13.8 Å². The fourth-order valence-corrected chi connectivity index (χ4v) is 2.59. The maximum Gasteiger partial charge on any atom is 0.224 e. The highest BCUT2D eigenvalue weighted by Crippen LogP contribution is 2.20. The highest BCUT2D eigenvalue weighted by atomic mass is 19.1. The van der Waals surface area contributed by atoms with Gasteiger partial charge in [-0.05, 0) is 19.1 Å². The Hall–Kier alpha value is -2.32. The number of halogens is 2. The van der Waals surface area contributed by atoms with E-state index in [1.807, 2.05) is 6.92 Å². The van der Waals surface area contributed by atoms with E-state index in [9.17, 15) is 8.78 Å². The van der Waals surface area contributed by atoms with Crippen LogP contribution < -0.4 is 10.6 Å². The summed E-state index contributed by atoms with van der Waals surface area (Å²) in [5.41, 5.74) is 0.910. The van der Waals surface area contributed by atoms with Crippen LogP contribution in [0.5, 0.6) is 0 Å². The van der Waals surface area contributed by atoms with E-state index in [1.165, 1.54) is 12.1 Å². The second kappa shape index (κ2) is 8.17. The van der Waals surface area contributed by atoms with Gasteiger partial charge in [-0.3, -0.25) is 4.90 Å². The number of anilines is 3. The quantitative estimate of drug-likeness (QED) is 0.836. The second-order valence-electron chi connectivity index (χ2n) is 5.85. The van der Waals surface area contributed by atoms with E-state index in [-0.39, 0.29) is 5.69 Å². The zero-order valence-electron chi connectivity index (χ0n) is 14.1. The Labute approximate surface area is 145 Å². The lowest BCUT2D eigenvalue weighted by Crippen LogP contribution is -2.39. The molecule has 2 aromatic rings. The topological polar surface area (TPSA) is 62.3 Å². The van der Waals surface area contributed by atoms with Crippen LogP contribution >= 0.6 is 0 Å². The zero-order valence-corrected chi connectivity index (χ0v) is 14.1. The van der Waals surface area contributed by atoms with Gasteiger partial charge in [-0.2, -0.15) is 4.98 Å². The van der Waals surface area contributed by atoms with Crippen molar-refractivity contribution in [1.29, 1.82) is 0 Å². The van der Waals surface area contributed by atoms with Gasteiger partial charge < -0.3 is 15.4 Å². The highest BCUT2D eigenvalue weighted by Gasteiger charge is 2.10. The summed E-state index contributed by atoms with van der Waals surface area (Å²) in [5.74, 6) is -0.365. The summed E-state index contributed by atoms with van der Waals surface area (Å²) < 4.78 is 32.1. The first kappa shape index (κ1) is 17.5. The Kier molecular flexibility index (Phi) is 5.72. The minimum absolute atomic E-state index is 0.166. The Morgan fingerprint density at radius 3 is 2.72 bits per heavy atom. The van der Waals surface area contributed by atoms with Gasteiger partial charge in [0.05, 0.1) is 18.9 Å². The molecule has 3 rings (SSSR count). The molecule has 1 fully saturated rings. The Morgan fingerprint density at radius 2 is 1.96 bits per heavy atom. The van der Waals surface area contributed by atoms with E-state index in [4.69, 9.17) is 4.74 Å². The van der Waals surface area contributed by atoms with Crippen LogP contribution in [-0.4, -0.2) is 54.3 Å². The number of hydrogen-bond donors (Lipinski definition) is 2. The van der Waals surface area contributed by atoms with Crippen LogP contribution in [0.25, 0.3) is 0 Å². The molecule has 0 saturated carbocycles.